The van der Waals surface area contributed by atoms with Gasteiger partial charge in [-0.2, -0.15) is 0 Å². The maximum Gasteiger partial charge on any atom is 0.255 e. The van der Waals surface area contributed by atoms with Crippen LogP contribution < -0.4 is 10.1 Å². The van der Waals surface area contributed by atoms with Crippen molar-refractivity contribution in [2.75, 3.05) is 7.11 Å². The molecule has 1 N–H and O–H groups in total. The molecule has 0 bridgehead atoms. The Morgan fingerprint density at radius 3 is 2.42 bits per heavy atom. The Bertz CT molecular complexity index is 541. The zero-order chi connectivity index (χ0) is 13.9. The molecule has 0 atom stereocenters. The molecule has 0 aliphatic rings. The van der Waals surface area contributed by atoms with Gasteiger partial charge in [0.15, 0.2) is 0 Å². The SMILES string of the molecule is COc1ccc(C(C)(C)NC(=O)c2ccoc2)cc1. The molecule has 100 valence electrons. The number of benzene rings is 1. The van der Waals surface area contributed by atoms with Gasteiger partial charge in [-0.3, -0.25) is 4.79 Å². The molecule has 1 heterocycles. The number of furan rings is 1. The number of ether oxygens (including phenoxy) is 1. The summed E-state index contributed by atoms with van der Waals surface area (Å²) >= 11 is 0. The standard InChI is InChI=1S/C15H17NO3/c1-15(2,12-4-6-13(18-3)7-5-12)16-14(17)11-8-9-19-10-11/h4-10H,1-3H3,(H,16,17). The van der Waals surface area contributed by atoms with Gasteiger partial charge in [-0.25, -0.2) is 0 Å². The van der Waals surface area contributed by atoms with Crippen molar-refractivity contribution in [3.05, 3.63) is 54.0 Å². The number of carbonyl (C=O) groups is 1. The third-order valence-corrected chi connectivity index (χ3v) is 3.02. The first-order chi connectivity index (χ1) is 9.03. The van der Waals surface area contributed by atoms with E-state index < -0.39 is 5.54 Å². The lowest BCUT2D eigenvalue weighted by molar-refractivity contribution is 0.0911. The van der Waals surface area contributed by atoms with Crippen molar-refractivity contribution in [3.63, 3.8) is 0 Å². The van der Waals surface area contributed by atoms with Gasteiger partial charge < -0.3 is 14.5 Å². The molecule has 19 heavy (non-hydrogen) atoms. The van der Waals surface area contributed by atoms with Crippen LogP contribution in [0.2, 0.25) is 0 Å². The van der Waals surface area contributed by atoms with E-state index in [-0.39, 0.29) is 5.91 Å². The molecule has 1 aromatic carbocycles. The molecule has 0 saturated heterocycles. The van der Waals surface area contributed by atoms with Crippen LogP contribution in [-0.2, 0) is 5.54 Å². The lowest BCUT2D eigenvalue weighted by Gasteiger charge is -2.26. The summed E-state index contributed by atoms with van der Waals surface area (Å²) in [4.78, 5) is 12.0. The van der Waals surface area contributed by atoms with E-state index in [0.717, 1.165) is 11.3 Å². The molecule has 2 aromatic rings. The average molecular weight is 259 g/mol. The minimum atomic E-state index is -0.472. The normalized spacial score (nSPS) is 11.1. The summed E-state index contributed by atoms with van der Waals surface area (Å²) < 4.78 is 10.0. The summed E-state index contributed by atoms with van der Waals surface area (Å²) in [6.45, 7) is 3.90. The van der Waals surface area contributed by atoms with Crippen LogP contribution in [0.5, 0.6) is 5.75 Å². The first kappa shape index (κ1) is 13.2. The van der Waals surface area contributed by atoms with Crippen molar-refractivity contribution >= 4 is 5.91 Å². The highest BCUT2D eigenvalue weighted by molar-refractivity contribution is 5.94. The number of hydrogen-bond donors (Lipinski definition) is 1. The summed E-state index contributed by atoms with van der Waals surface area (Å²) in [5.41, 5.74) is 1.05. The average Bonchev–Trinajstić information content (AvgIpc) is 2.92. The van der Waals surface area contributed by atoms with Crippen LogP contribution in [0.1, 0.15) is 29.8 Å². The second-order valence-corrected chi connectivity index (χ2v) is 4.82. The Balaban J connectivity index is 2.14. The van der Waals surface area contributed by atoms with Crippen molar-refractivity contribution in [1.82, 2.24) is 5.32 Å². The van der Waals surface area contributed by atoms with E-state index in [1.165, 1.54) is 12.5 Å². The van der Waals surface area contributed by atoms with Crippen molar-refractivity contribution in [3.8, 4) is 5.75 Å². The minimum absolute atomic E-state index is 0.158. The molecule has 0 spiro atoms. The molecule has 1 amide bonds. The molecule has 0 aliphatic carbocycles. The molecule has 1 aromatic heterocycles. The van der Waals surface area contributed by atoms with Gasteiger partial charge in [-0.05, 0) is 37.6 Å². The molecule has 0 aliphatic heterocycles. The third-order valence-electron chi connectivity index (χ3n) is 3.02. The van der Waals surface area contributed by atoms with E-state index in [2.05, 4.69) is 5.32 Å². The van der Waals surface area contributed by atoms with Crippen LogP contribution in [0.15, 0.2) is 47.3 Å². The topological polar surface area (TPSA) is 51.5 Å². The first-order valence-electron chi connectivity index (χ1n) is 6.02. The predicted molar refractivity (Wildman–Crippen MR) is 72.2 cm³/mol. The van der Waals surface area contributed by atoms with E-state index >= 15 is 0 Å². The summed E-state index contributed by atoms with van der Waals surface area (Å²) in [5.74, 6) is 0.635. The third kappa shape index (κ3) is 2.96. The van der Waals surface area contributed by atoms with E-state index in [1.54, 1.807) is 13.2 Å². The van der Waals surface area contributed by atoms with Gasteiger partial charge in [0.2, 0.25) is 0 Å². The van der Waals surface area contributed by atoms with Crippen LogP contribution in [0, 0.1) is 0 Å². The fourth-order valence-electron chi connectivity index (χ4n) is 1.83. The van der Waals surface area contributed by atoms with E-state index in [9.17, 15) is 4.79 Å². The van der Waals surface area contributed by atoms with Crippen LogP contribution in [-0.4, -0.2) is 13.0 Å². The smallest absolute Gasteiger partial charge is 0.255 e. The Hall–Kier alpha value is -2.23. The highest BCUT2D eigenvalue weighted by Crippen LogP contribution is 2.23. The van der Waals surface area contributed by atoms with Crippen LogP contribution in [0.4, 0.5) is 0 Å². The van der Waals surface area contributed by atoms with Crippen LogP contribution >= 0.6 is 0 Å². The van der Waals surface area contributed by atoms with Gasteiger partial charge in [-0.1, -0.05) is 12.1 Å². The second-order valence-electron chi connectivity index (χ2n) is 4.82. The van der Waals surface area contributed by atoms with E-state index in [0.29, 0.717) is 5.56 Å². The zero-order valence-electron chi connectivity index (χ0n) is 11.3. The molecule has 0 fully saturated rings. The van der Waals surface area contributed by atoms with Gasteiger partial charge in [0, 0.05) is 0 Å². The number of nitrogens with one attached hydrogen (secondary N) is 1. The second kappa shape index (κ2) is 5.18. The zero-order valence-corrected chi connectivity index (χ0v) is 11.3. The van der Waals surface area contributed by atoms with Gasteiger partial charge in [0.05, 0.1) is 24.5 Å². The van der Waals surface area contributed by atoms with E-state index in [4.69, 9.17) is 9.15 Å². The van der Waals surface area contributed by atoms with Crippen molar-refractivity contribution in [2.24, 2.45) is 0 Å². The maximum absolute atomic E-state index is 12.0. The molecule has 0 saturated carbocycles. The van der Waals surface area contributed by atoms with Crippen molar-refractivity contribution < 1.29 is 13.9 Å². The first-order valence-corrected chi connectivity index (χ1v) is 6.02. The van der Waals surface area contributed by atoms with Crippen LogP contribution in [0.25, 0.3) is 0 Å². The highest BCUT2D eigenvalue weighted by atomic mass is 16.5. The largest absolute Gasteiger partial charge is 0.497 e. The van der Waals surface area contributed by atoms with Crippen molar-refractivity contribution in [2.45, 2.75) is 19.4 Å². The molecule has 2 rings (SSSR count). The minimum Gasteiger partial charge on any atom is -0.497 e. The summed E-state index contributed by atoms with van der Waals surface area (Å²) in [6, 6.07) is 9.27. The molecule has 4 nitrogen and oxygen atoms in total. The maximum atomic E-state index is 12.0. The van der Waals surface area contributed by atoms with Crippen molar-refractivity contribution in [1.29, 1.82) is 0 Å². The number of amides is 1. The van der Waals surface area contributed by atoms with E-state index in [1.807, 2.05) is 38.1 Å². The fourth-order valence-corrected chi connectivity index (χ4v) is 1.83. The lowest BCUT2D eigenvalue weighted by Crippen LogP contribution is -2.40. The molecule has 4 heteroatoms. The number of hydrogen-bond acceptors (Lipinski definition) is 3. The quantitative estimate of drug-likeness (QED) is 0.918. The number of methoxy groups -OCH3 is 1. The number of carbonyl (C=O) groups excluding carboxylic acids is 1. The van der Waals surface area contributed by atoms with Gasteiger partial charge in [-0.15, -0.1) is 0 Å². The predicted octanol–water partition coefficient (Wildman–Crippen LogP) is 2.95. The highest BCUT2D eigenvalue weighted by Gasteiger charge is 2.23. The Morgan fingerprint density at radius 1 is 1.21 bits per heavy atom. The summed E-state index contributed by atoms with van der Waals surface area (Å²) in [7, 11) is 1.63. The summed E-state index contributed by atoms with van der Waals surface area (Å²) in [5, 5.41) is 2.97. The Labute approximate surface area is 112 Å². The molecule has 0 radical (unpaired) electrons. The monoisotopic (exact) mass is 259 g/mol. The van der Waals surface area contributed by atoms with Crippen LogP contribution in [0.3, 0.4) is 0 Å². The number of rotatable bonds is 4. The molecule has 0 unspecified atom stereocenters. The van der Waals surface area contributed by atoms with Gasteiger partial charge in [0.25, 0.3) is 5.91 Å². The fraction of sp³-hybridized carbons (Fsp3) is 0.267. The molecular formula is C15H17NO3. The van der Waals surface area contributed by atoms with Gasteiger partial charge >= 0.3 is 0 Å². The Kier molecular flexibility index (Phi) is 3.60. The summed E-state index contributed by atoms with van der Waals surface area (Å²) in [6.07, 6.45) is 2.91. The Morgan fingerprint density at radius 2 is 1.89 bits per heavy atom. The lowest BCUT2D eigenvalue weighted by atomic mass is 9.94. The molecular weight excluding hydrogens is 242 g/mol. The van der Waals surface area contributed by atoms with Gasteiger partial charge in [0.1, 0.15) is 12.0 Å².